The van der Waals surface area contributed by atoms with E-state index in [0.717, 1.165) is 5.01 Å². The molecule has 1 unspecified atom stereocenters. The van der Waals surface area contributed by atoms with E-state index in [4.69, 9.17) is 5.73 Å². The van der Waals surface area contributed by atoms with Gasteiger partial charge in [-0.3, -0.25) is 4.79 Å². The van der Waals surface area contributed by atoms with Crippen LogP contribution in [0.3, 0.4) is 0 Å². The van der Waals surface area contributed by atoms with Crippen LogP contribution >= 0.6 is 22.7 Å². The third-order valence-corrected chi connectivity index (χ3v) is 5.20. The Bertz CT molecular complexity index is 798. The van der Waals surface area contributed by atoms with Crippen LogP contribution in [0.25, 0.3) is 10.1 Å². The van der Waals surface area contributed by atoms with E-state index in [1.807, 2.05) is 12.3 Å². The minimum Gasteiger partial charge on any atom is -0.397 e. The monoisotopic (exact) mass is 321 g/mol. The molecule has 2 aromatic heterocycles. The number of thiazole rings is 1. The number of nitrogens with two attached hydrogens (primary N) is 1. The topological polar surface area (TPSA) is 68.0 Å². The van der Waals surface area contributed by atoms with Gasteiger partial charge in [0.1, 0.15) is 15.7 Å². The van der Waals surface area contributed by atoms with E-state index in [1.165, 1.54) is 28.7 Å². The summed E-state index contributed by atoms with van der Waals surface area (Å²) in [6, 6.07) is 4.48. The molecule has 21 heavy (non-hydrogen) atoms. The molecular weight excluding hydrogens is 309 g/mol. The zero-order chi connectivity index (χ0) is 15.0. The summed E-state index contributed by atoms with van der Waals surface area (Å²) < 4.78 is 14.5. The number of halogens is 1. The van der Waals surface area contributed by atoms with E-state index in [2.05, 4.69) is 10.3 Å². The van der Waals surface area contributed by atoms with Gasteiger partial charge in [0.05, 0.1) is 17.1 Å². The Kier molecular flexibility index (Phi) is 3.60. The smallest absolute Gasteiger partial charge is 0.264 e. The molecule has 0 saturated heterocycles. The van der Waals surface area contributed by atoms with Crippen molar-refractivity contribution in [2.45, 2.75) is 13.0 Å². The van der Waals surface area contributed by atoms with Crippen LogP contribution in [0.1, 0.15) is 27.6 Å². The fourth-order valence-electron chi connectivity index (χ4n) is 2.07. The molecule has 3 aromatic rings. The van der Waals surface area contributed by atoms with Crippen LogP contribution in [0, 0.1) is 5.82 Å². The van der Waals surface area contributed by atoms with Gasteiger partial charge in [0, 0.05) is 16.3 Å². The highest BCUT2D eigenvalue weighted by Gasteiger charge is 2.20. The molecule has 0 saturated carbocycles. The lowest BCUT2D eigenvalue weighted by molar-refractivity contribution is 0.0945. The maximum Gasteiger partial charge on any atom is 0.264 e. The van der Waals surface area contributed by atoms with Gasteiger partial charge < -0.3 is 11.1 Å². The number of nitrogens with one attached hydrogen (secondary N) is 1. The van der Waals surface area contributed by atoms with E-state index in [9.17, 15) is 9.18 Å². The molecule has 7 heteroatoms. The summed E-state index contributed by atoms with van der Waals surface area (Å²) in [5.41, 5.74) is 6.12. The van der Waals surface area contributed by atoms with E-state index in [1.54, 1.807) is 18.3 Å². The maximum atomic E-state index is 13.8. The van der Waals surface area contributed by atoms with E-state index >= 15 is 0 Å². The van der Waals surface area contributed by atoms with Gasteiger partial charge in [0.2, 0.25) is 0 Å². The highest BCUT2D eigenvalue weighted by atomic mass is 32.1. The van der Waals surface area contributed by atoms with Crippen molar-refractivity contribution in [3.05, 3.63) is 45.5 Å². The molecule has 0 fully saturated rings. The van der Waals surface area contributed by atoms with Gasteiger partial charge >= 0.3 is 0 Å². The molecule has 2 heterocycles. The maximum absolute atomic E-state index is 13.8. The van der Waals surface area contributed by atoms with Crippen molar-refractivity contribution in [1.29, 1.82) is 0 Å². The number of nitrogens with zero attached hydrogens (tertiary/aromatic N) is 1. The van der Waals surface area contributed by atoms with Crippen LogP contribution in [0.4, 0.5) is 10.1 Å². The summed E-state index contributed by atoms with van der Waals surface area (Å²) in [4.78, 5) is 16.8. The van der Waals surface area contributed by atoms with Crippen molar-refractivity contribution < 1.29 is 9.18 Å². The molecular formula is C14H12FN3OS2. The van der Waals surface area contributed by atoms with Gasteiger partial charge in [0.15, 0.2) is 0 Å². The molecule has 0 radical (unpaired) electrons. The van der Waals surface area contributed by atoms with Gasteiger partial charge in [0.25, 0.3) is 5.91 Å². The largest absolute Gasteiger partial charge is 0.397 e. The molecule has 0 spiro atoms. The molecule has 3 N–H and O–H groups in total. The first-order chi connectivity index (χ1) is 10.1. The zero-order valence-electron chi connectivity index (χ0n) is 11.1. The molecule has 0 aliphatic heterocycles. The Hall–Kier alpha value is -1.99. The molecule has 0 bridgehead atoms. The number of carbonyl (C=O) groups is 1. The molecule has 3 rings (SSSR count). The molecule has 1 aromatic carbocycles. The number of benzene rings is 1. The number of amides is 1. The van der Waals surface area contributed by atoms with Crippen LogP contribution in [-0.4, -0.2) is 10.9 Å². The van der Waals surface area contributed by atoms with Crippen molar-refractivity contribution in [3.8, 4) is 0 Å². The van der Waals surface area contributed by atoms with Crippen molar-refractivity contribution in [1.82, 2.24) is 10.3 Å². The molecule has 0 aliphatic rings. The summed E-state index contributed by atoms with van der Waals surface area (Å²) >= 11 is 2.66. The predicted octanol–water partition coefficient (Wildman–Crippen LogP) is 3.57. The van der Waals surface area contributed by atoms with E-state index in [-0.39, 0.29) is 17.6 Å². The second-order valence-electron chi connectivity index (χ2n) is 4.52. The Morgan fingerprint density at radius 2 is 2.29 bits per heavy atom. The molecule has 4 nitrogen and oxygen atoms in total. The van der Waals surface area contributed by atoms with Gasteiger partial charge in [-0.2, -0.15) is 0 Å². The normalized spacial score (nSPS) is 12.5. The number of nitrogen functional groups attached to an aromatic ring is 1. The summed E-state index contributed by atoms with van der Waals surface area (Å²) in [6.45, 7) is 1.85. The first-order valence-electron chi connectivity index (χ1n) is 6.24. The van der Waals surface area contributed by atoms with E-state index < -0.39 is 5.82 Å². The van der Waals surface area contributed by atoms with Crippen molar-refractivity contribution in [2.24, 2.45) is 0 Å². The number of fused-ring (bicyclic) bond motifs is 1. The number of aromatic nitrogens is 1. The average Bonchev–Trinajstić information content (AvgIpc) is 3.07. The van der Waals surface area contributed by atoms with Gasteiger partial charge in [-0.1, -0.05) is 6.07 Å². The Morgan fingerprint density at radius 3 is 2.95 bits per heavy atom. The van der Waals surface area contributed by atoms with E-state index in [0.29, 0.717) is 15.0 Å². The van der Waals surface area contributed by atoms with Crippen LogP contribution in [0.5, 0.6) is 0 Å². The summed E-state index contributed by atoms with van der Waals surface area (Å²) in [5.74, 6) is -0.718. The lowest BCUT2D eigenvalue weighted by atomic mass is 10.2. The number of rotatable bonds is 3. The third kappa shape index (κ3) is 2.50. The van der Waals surface area contributed by atoms with Crippen LogP contribution < -0.4 is 11.1 Å². The summed E-state index contributed by atoms with van der Waals surface area (Å²) in [7, 11) is 0. The molecule has 108 valence electrons. The van der Waals surface area contributed by atoms with Crippen molar-refractivity contribution >= 4 is 44.4 Å². The zero-order valence-corrected chi connectivity index (χ0v) is 12.7. The first-order valence-corrected chi connectivity index (χ1v) is 7.94. The second-order valence-corrected chi connectivity index (χ2v) is 6.50. The minimum absolute atomic E-state index is 0.192. The fourth-order valence-corrected chi connectivity index (χ4v) is 3.76. The quantitative estimate of drug-likeness (QED) is 0.775. The minimum atomic E-state index is -0.409. The standard InChI is InChI=1S/C14H12FN3OS2/c1-7(14-17-5-6-20-14)18-13(19)12-11(16)10-8(15)3-2-4-9(10)21-12/h2-7H,16H2,1H3,(H,18,19). The molecule has 0 aliphatic carbocycles. The summed E-state index contributed by atoms with van der Waals surface area (Å²) in [6.07, 6.45) is 1.69. The van der Waals surface area contributed by atoms with Crippen molar-refractivity contribution in [2.75, 3.05) is 5.73 Å². The van der Waals surface area contributed by atoms with Crippen LogP contribution in [0.2, 0.25) is 0 Å². The number of hydrogen-bond acceptors (Lipinski definition) is 5. The lowest BCUT2D eigenvalue weighted by Gasteiger charge is -2.10. The Labute approximate surface area is 128 Å². The lowest BCUT2D eigenvalue weighted by Crippen LogP contribution is -2.26. The predicted molar refractivity (Wildman–Crippen MR) is 84.2 cm³/mol. The third-order valence-electron chi connectivity index (χ3n) is 3.08. The molecule has 1 amide bonds. The fraction of sp³-hybridized carbons (Fsp3) is 0.143. The number of carbonyl (C=O) groups excluding carboxylic acids is 1. The highest BCUT2D eigenvalue weighted by molar-refractivity contribution is 7.21. The Balaban J connectivity index is 1.92. The van der Waals surface area contributed by atoms with Gasteiger partial charge in [-0.25, -0.2) is 9.37 Å². The summed E-state index contributed by atoms with van der Waals surface area (Å²) in [5, 5.41) is 5.81. The highest BCUT2D eigenvalue weighted by Crippen LogP contribution is 2.35. The van der Waals surface area contributed by atoms with Crippen LogP contribution in [0.15, 0.2) is 29.8 Å². The van der Waals surface area contributed by atoms with Crippen LogP contribution in [-0.2, 0) is 0 Å². The second kappa shape index (κ2) is 5.42. The Morgan fingerprint density at radius 1 is 1.48 bits per heavy atom. The SMILES string of the molecule is CC(NC(=O)c1sc2cccc(F)c2c1N)c1nccs1. The molecule has 1 atom stereocenters. The number of anilines is 1. The van der Waals surface area contributed by atoms with Gasteiger partial charge in [-0.05, 0) is 19.1 Å². The average molecular weight is 321 g/mol. The van der Waals surface area contributed by atoms with Gasteiger partial charge in [-0.15, -0.1) is 22.7 Å². The number of hydrogen-bond donors (Lipinski definition) is 2. The number of thiophene rings is 1. The van der Waals surface area contributed by atoms with Crippen molar-refractivity contribution in [3.63, 3.8) is 0 Å². The first kappa shape index (κ1) is 14.0.